The normalized spacial score (nSPS) is 18.8. The van der Waals surface area contributed by atoms with E-state index in [-0.39, 0.29) is 29.0 Å². The molecule has 1 aliphatic carbocycles. The number of aliphatic carboxylic acids is 1. The van der Waals surface area contributed by atoms with Gasteiger partial charge in [-0.1, -0.05) is 19.3 Å². The molecule has 1 fully saturated rings. The number of carboxylic acids is 1. The number of imide groups is 1. The van der Waals surface area contributed by atoms with Crippen molar-refractivity contribution < 1.29 is 24.3 Å². The summed E-state index contributed by atoms with van der Waals surface area (Å²) in [4.78, 5) is 49.6. The number of carbonyl (C=O) groups is 4. The van der Waals surface area contributed by atoms with Gasteiger partial charge in [-0.05, 0) is 38.0 Å². The highest BCUT2D eigenvalue weighted by Crippen LogP contribution is 2.31. The zero-order valence-corrected chi connectivity index (χ0v) is 13.9. The van der Waals surface area contributed by atoms with Gasteiger partial charge in [0.05, 0.1) is 11.1 Å². The smallest absolute Gasteiger partial charge is 0.325 e. The zero-order valence-electron chi connectivity index (χ0n) is 13.9. The maximum Gasteiger partial charge on any atom is 0.325 e. The monoisotopic (exact) mass is 344 g/mol. The average Bonchev–Trinajstić information content (AvgIpc) is 2.86. The van der Waals surface area contributed by atoms with Crippen LogP contribution in [0.1, 0.15) is 70.1 Å². The number of carbonyl (C=O) groups excluding carboxylic acids is 3. The first-order valence-electron chi connectivity index (χ1n) is 8.45. The van der Waals surface area contributed by atoms with E-state index in [0.717, 1.165) is 32.1 Å². The van der Waals surface area contributed by atoms with E-state index < -0.39 is 17.9 Å². The Kier molecular flexibility index (Phi) is 4.57. The summed E-state index contributed by atoms with van der Waals surface area (Å²) in [6.07, 6.45) is 4.74. The van der Waals surface area contributed by atoms with Crippen LogP contribution in [0.3, 0.4) is 0 Å². The SMILES string of the molecule is C[C@@H](NC(=O)c1ccc2c(c1)C(=O)N(C1CCCCC1)C2=O)C(=O)O. The van der Waals surface area contributed by atoms with Crippen LogP contribution < -0.4 is 5.32 Å². The molecular weight excluding hydrogens is 324 g/mol. The fourth-order valence-electron chi connectivity index (χ4n) is 3.41. The van der Waals surface area contributed by atoms with E-state index in [9.17, 15) is 19.2 Å². The van der Waals surface area contributed by atoms with Gasteiger partial charge < -0.3 is 10.4 Å². The van der Waals surface area contributed by atoms with E-state index in [4.69, 9.17) is 5.11 Å². The lowest BCUT2D eigenvalue weighted by atomic mass is 9.94. The Balaban J connectivity index is 1.84. The number of fused-ring (bicyclic) bond motifs is 1. The first-order valence-corrected chi connectivity index (χ1v) is 8.45. The van der Waals surface area contributed by atoms with Crippen LogP contribution in [0.15, 0.2) is 18.2 Å². The quantitative estimate of drug-likeness (QED) is 0.811. The second kappa shape index (κ2) is 6.66. The Bertz CT molecular complexity index is 752. The van der Waals surface area contributed by atoms with Gasteiger partial charge >= 0.3 is 5.97 Å². The molecule has 0 spiro atoms. The summed E-state index contributed by atoms with van der Waals surface area (Å²) in [6, 6.07) is 3.17. The van der Waals surface area contributed by atoms with Crippen molar-refractivity contribution in [2.24, 2.45) is 0 Å². The van der Waals surface area contributed by atoms with Gasteiger partial charge in [0, 0.05) is 11.6 Å². The van der Waals surface area contributed by atoms with E-state index in [1.165, 1.54) is 30.0 Å². The number of nitrogens with one attached hydrogen (secondary N) is 1. The van der Waals surface area contributed by atoms with Gasteiger partial charge in [0.15, 0.2) is 0 Å². The molecule has 25 heavy (non-hydrogen) atoms. The van der Waals surface area contributed by atoms with Gasteiger partial charge in [-0.2, -0.15) is 0 Å². The fraction of sp³-hybridized carbons (Fsp3) is 0.444. The molecule has 3 rings (SSSR count). The predicted octanol–water partition coefficient (Wildman–Crippen LogP) is 1.82. The zero-order chi connectivity index (χ0) is 18.1. The first-order chi connectivity index (χ1) is 11.9. The fourth-order valence-corrected chi connectivity index (χ4v) is 3.41. The van der Waals surface area contributed by atoms with Gasteiger partial charge in [0.2, 0.25) is 0 Å². The highest BCUT2D eigenvalue weighted by Gasteiger charge is 2.40. The molecule has 0 radical (unpaired) electrons. The van der Waals surface area contributed by atoms with E-state index in [1.54, 1.807) is 0 Å². The van der Waals surface area contributed by atoms with E-state index in [2.05, 4.69) is 5.32 Å². The minimum atomic E-state index is -1.15. The van der Waals surface area contributed by atoms with Crippen LogP contribution >= 0.6 is 0 Å². The van der Waals surface area contributed by atoms with Crippen molar-refractivity contribution in [3.63, 3.8) is 0 Å². The molecule has 7 heteroatoms. The molecule has 3 amide bonds. The van der Waals surface area contributed by atoms with Gasteiger partial charge in [0.1, 0.15) is 6.04 Å². The second-order valence-electron chi connectivity index (χ2n) is 6.57. The molecule has 0 aromatic heterocycles. The summed E-state index contributed by atoms with van der Waals surface area (Å²) in [5.74, 6) is -2.41. The number of carboxylic acid groups (broad SMARTS) is 1. The second-order valence-corrected chi connectivity index (χ2v) is 6.57. The van der Waals surface area contributed by atoms with Gasteiger partial charge in [-0.3, -0.25) is 24.1 Å². The largest absolute Gasteiger partial charge is 0.480 e. The molecule has 1 aromatic rings. The molecule has 1 heterocycles. The highest BCUT2D eigenvalue weighted by molar-refractivity contribution is 6.22. The maximum atomic E-state index is 12.7. The van der Waals surface area contributed by atoms with E-state index in [1.807, 2.05) is 0 Å². The Morgan fingerprint density at radius 2 is 1.76 bits per heavy atom. The Morgan fingerprint density at radius 3 is 2.40 bits per heavy atom. The van der Waals surface area contributed by atoms with Crippen LogP contribution in [-0.2, 0) is 4.79 Å². The minimum absolute atomic E-state index is 0.0783. The van der Waals surface area contributed by atoms with Crippen molar-refractivity contribution in [3.8, 4) is 0 Å². The summed E-state index contributed by atoms with van der Waals surface area (Å²) >= 11 is 0. The summed E-state index contributed by atoms with van der Waals surface area (Å²) in [5.41, 5.74) is 0.683. The lowest BCUT2D eigenvalue weighted by Crippen LogP contribution is -2.40. The maximum absolute atomic E-state index is 12.7. The third kappa shape index (κ3) is 3.14. The molecule has 0 saturated heterocycles. The third-order valence-corrected chi connectivity index (χ3v) is 4.84. The molecule has 1 aromatic carbocycles. The molecule has 2 aliphatic rings. The average molecular weight is 344 g/mol. The predicted molar refractivity (Wildman–Crippen MR) is 88.4 cm³/mol. The molecule has 0 unspecified atom stereocenters. The standard InChI is InChI=1S/C18H20N2O5/c1-10(18(24)25)19-15(21)11-7-8-13-14(9-11)17(23)20(16(13)22)12-5-3-2-4-6-12/h7-10,12H,2-6H2,1H3,(H,19,21)(H,24,25)/t10-/m1/s1. The van der Waals surface area contributed by atoms with Crippen LogP contribution in [0.5, 0.6) is 0 Å². The lowest BCUT2D eigenvalue weighted by molar-refractivity contribution is -0.138. The highest BCUT2D eigenvalue weighted by atomic mass is 16.4. The van der Waals surface area contributed by atoms with Gasteiger partial charge in [0.25, 0.3) is 17.7 Å². The minimum Gasteiger partial charge on any atom is -0.480 e. The topological polar surface area (TPSA) is 104 Å². The molecule has 2 N–H and O–H groups in total. The Morgan fingerprint density at radius 1 is 1.12 bits per heavy atom. The van der Waals surface area contributed by atoms with E-state index in [0.29, 0.717) is 5.56 Å². The van der Waals surface area contributed by atoms with Crippen LogP contribution in [0.25, 0.3) is 0 Å². The summed E-state index contributed by atoms with van der Waals surface area (Å²) in [5, 5.41) is 11.2. The van der Waals surface area contributed by atoms with Crippen LogP contribution in [0.2, 0.25) is 0 Å². The van der Waals surface area contributed by atoms with Gasteiger partial charge in [-0.15, -0.1) is 0 Å². The molecule has 1 atom stereocenters. The number of rotatable bonds is 4. The number of amides is 3. The third-order valence-electron chi connectivity index (χ3n) is 4.84. The molecule has 1 saturated carbocycles. The van der Waals surface area contributed by atoms with Crippen molar-refractivity contribution >= 4 is 23.7 Å². The van der Waals surface area contributed by atoms with Gasteiger partial charge in [-0.25, -0.2) is 0 Å². The molecular formula is C18H20N2O5. The summed E-state index contributed by atoms with van der Waals surface area (Å²) in [7, 11) is 0. The number of hydrogen-bond acceptors (Lipinski definition) is 4. The molecule has 7 nitrogen and oxygen atoms in total. The summed E-state index contributed by atoms with van der Waals surface area (Å²) < 4.78 is 0. The number of nitrogens with zero attached hydrogens (tertiary/aromatic N) is 1. The number of benzene rings is 1. The van der Waals surface area contributed by atoms with Crippen molar-refractivity contribution in [2.45, 2.75) is 51.1 Å². The lowest BCUT2D eigenvalue weighted by Gasteiger charge is -2.29. The van der Waals surface area contributed by atoms with Crippen molar-refractivity contribution in [1.29, 1.82) is 0 Å². The van der Waals surface area contributed by atoms with Crippen molar-refractivity contribution in [1.82, 2.24) is 10.2 Å². The molecule has 1 aliphatic heterocycles. The van der Waals surface area contributed by atoms with Crippen LogP contribution in [-0.4, -0.2) is 45.8 Å². The molecule has 132 valence electrons. The molecule has 0 bridgehead atoms. The number of hydrogen-bond donors (Lipinski definition) is 2. The summed E-state index contributed by atoms with van der Waals surface area (Å²) in [6.45, 7) is 1.35. The van der Waals surface area contributed by atoms with Crippen LogP contribution in [0, 0.1) is 0 Å². The Hall–Kier alpha value is -2.70. The first kappa shape index (κ1) is 17.1. The van der Waals surface area contributed by atoms with E-state index >= 15 is 0 Å². The Labute approximate surface area is 145 Å². The van der Waals surface area contributed by atoms with Crippen LogP contribution in [0.4, 0.5) is 0 Å². The van der Waals surface area contributed by atoms with Crippen molar-refractivity contribution in [3.05, 3.63) is 34.9 Å². The van der Waals surface area contributed by atoms with Crippen molar-refractivity contribution in [2.75, 3.05) is 0 Å².